The monoisotopic (exact) mass is 398 g/mol. The lowest BCUT2D eigenvalue weighted by molar-refractivity contribution is -0.384. The molecule has 0 aliphatic carbocycles. The Bertz CT molecular complexity index is 933. The topological polar surface area (TPSA) is 105 Å². The van der Waals surface area contributed by atoms with Crippen LogP contribution < -0.4 is 10.6 Å². The highest BCUT2D eigenvalue weighted by molar-refractivity contribution is 5.97. The van der Waals surface area contributed by atoms with Crippen molar-refractivity contribution in [1.29, 1.82) is 0 Å². The summed E-state index contributed by atoms with van der Waals surface area (Å²) < 4.78 is 0. The SMILES string of the molecule is Cc1cc(C)c(NC(=O)CN(C)CC(=O)Nc2c(C)cccc2[N+](=O)[O-])c(C)c1. The molecule has 154 valence electrons. The third kappa shape index (κ3) is 5.86. The smallest absolute Gasteiger partial charge is 0.293 e. The molecule has 0 aliphatic heterocycles. The fourth-order valence-electron chi connectivity index (χ4n) is 3.25. The highest BCUT2D eigenvalue weighted by atomic mass is 16.6. The van der Waals surface area contributed by atoms with Gasteiger partial charge in [-0.05, 0) is 51.4 Å². The summed E-state index contributed by atoms with van der Waals surface area (Å²) in [4.78, 5) is 36.9. The number of para-hydroxylation sites is 1. The van der Waals surface area contributed by atoms with E-state index in [1.807, 2.05) is 32.9 Å². The predicted octanol–water partition coefficient (Wildman–Crippen LogP) is 3.34. The predicted molar refractivity (Wildman–Crippen MR) is 113 cm³/mol. The number of benzene rings is 2. The number of aryl methyl sites for hydroxylation is 4. The first-order chi connectivity index (χ1) is 13.6. The van der Waals surface area contributed by atoms with Crippen LogP contribution in [0.1, 0.15) is 22.3 Å². The van der Waals surface area contributed by atoms with Crippen LogP contribution in [-0.2, 0) is 9.59 Å². The minimum Gasteiger partial charge on any atom is -0.324 e. The van der Waals surface area contributed by atoms with Crippen LogP contribution in [0.5, 0.6) is 0 Å². The largest absolute Gasteiger partial charge is 0.324 e. The molecule has 29 heavy (non-hydrogen) atoms. The van der Waals surface area contributed by atoms with Gasteiger partial charge in [0.2, 0.25) is 11.8 Å². The van der Waals surface area contributed by atoms with Crippen molar-refractivity contribution in [3.05, 3.63) is 62.7 Å². The van der Waals surface area contributed by atoms with E-state index in [1.54, 1.807) is 31.0 Å². The zero-order valence-electron chi connectivity index (χ0n) is 17.3. The number of carbonyl (C=O) groups is 2. The number of amides is 2. The van der Waals surface area contributed by atoms with Crippen LogP contribution in [0.4, 0.5) is 17.1 Å². The Morgan fingerprint density at radius 1 is 0.931 bits per heavy atom. The Hall–Kier alpha value is -3.26. The molecule has 0 atom stereocenters. The molecule has 0 aromatic heterocycles. The van der Waals surface area contributed by atoms with Crippen LogP contribution in [0.15, 0.2) is 30.3 Å². The van der Waals surface area contributed by atoms with Gasteiger partial charge >= 0.3 is 0 Å². The van der Waals surface area contributed by atoms with Gasteiger partial charge in [0.15, 0.2) is 0 Å². The highest BCUT2D eigenvalue weighted by Gasteiger charge is 2.19. The van der Waals surface area contributed by atoms with Gasteiger partial charge < -0.3 is 10.6 Å². The molecule has 0 radical (unpaired) electrons. The molecule has 2 aromatic rings. The highest BCUT2D eigenvalue weighted by Crippen LogP contribution is 2.27. The van der Waals surface area contributed by atoms with Crippen LogP contribution in [0.25, 0.3) is 0 Å². The molecule has 2 amide bonds. The van der Waals surface area contributed by atoms with E-state index in [4.69, 9.17) is 0 Å². The summed E-state index contributed by atoms with van der Waals surface area (Å²) in [5, 5.41) is 16.6. The Labute approximate surface area is 170 Å². The lowest BCUT2D eigenvalue weighted by Crippen LogP contribution is -2.36. The summed E-state index contributed by atoms with van der Waals surface area (Å²) in [6, 6.07) is 8.58. The van der Waals surface area contributed by atoms with E-state index < -0.39 is 10.8 Å². The Morgan fingerprint density at radius 3 is 1.97 bits per heavy atom. The van der Waals surface area contributed by atoms with Crippen molar-refractivity contribution in [2.75, 3.05) is 30.8 Å². The van der Waals surface area contributed by atoms with Crippen molar-refractivity contribution in [2.24, 2.45) is 0 Å². The third-order valence-electron chi connectivity index (χ3n) is 4.48. The number of rotatable bonds is 7. The van der Waals surface area contributed by atoms with E-state index in [-0.39, 0.29) is 30.4 Å². The average Bonchev–Trinajstić information content (AvgIpc) is 2.59. The van der Waals surface area contributed by atoms with Gasteiger partial charge in [0.25, 0.3) is 5.69 Å². The van der Waals surface area contributed by atoms with Gasteiger partial charge in [-0.1, -0.05) is 29.8 Å². The fourth-order valence-corrected chi connectivity index (χ4v) is 3.25. The summed E-state index contributed by atoms with van der Waals surface area (Å²) in [6.45, 7) is 7.48. The Morgan fingerprint density at radius 2 is 1.45 bits per heavy atom. The molecule has 0 aliphatic rings. The van der Waals surface area contributed by atoms with Gasteiger partial charge in [-0.3, -0.25) is 24.6 Å². The molecule has 0 saturated heterocycles. The number of carbonyl (C=O) groups excluding carboxylic acids is 2. The first-order valence-corrected chi connectivity index (χ1v) is 9.18. The third-order valence-corrected chi connectivity index (χ3v) is 4.48. The number of nitrogens with zero attached hydrogens (tertiary/aromatic N) is 2. The molecular weight excluding hydrogens is 372 g/mol. The standard InChI is InChI=1S/C21H26N4O4/c1-13-9-15(3)20(16(4)10-13)22-18(26)11-24(5)12-19(27)23-21-14(2)7-6-8-17(21)25(28)29/h6-10H,11-12H2,1-5H3,(H,22,26)(H,23,27). The molecule has 0 bridgehead atoms. The summed E-state index contributed by atoms with van der Waals surface area (Å²) in [7, 11) is 1.64. The quantitative estimate of drug-likeness (QED) is 0.550. The number of anilines is 2. The van der Waals surface area contributed by atoms with Gasteiger partial charge in [0.1, 0.15) is 5.69 Å². The number of hydrogen-bond donors (Lipinski definition) is 2. The van der Waals surface area contributed by atoms with Crippen LogP contribution in [0, 0.1) is 37.8 Å². The van der Waals surface area contributed by atoms with E-state index in [0.717, 1.165) is 22.4 Å². The first kappa shape index (κ1) is 22.0. The number of likely N-dealkylation sites (N-methyl/N-ethyl adjacent to an activating group) is 1. The summed E-state index contributed by atoms with van der Waals surface area (Å²) in [6.07, 6.45) is 0. The molecular formula is C21H26N4O4. The molecule has 2 aromatic carbocycles. The molecule has 0 fully saturated rings. The zero-order valence-corrected chi connectivity index (χ0v) is 17.3. The average molecular weight is 398 g/mol. The van der Waals surface area contributed by atoms with E-state index in [0.29, 0.717) is 5.56 Å². The zero-order chi connectivity index (χ0) is 21.7. The molecule has 0 heterocycles. The molecule has 2 N–H and O–H groups in total. The van der Waals surface area contributed by atoms with Crippen molar-refractivity contribution in [2.45, 2.75) is 27.7 Å². The van der Waals surface area contributed by atoms with E-state index in [9.17, 15) is 19.7 Å². The van der Waals surface area contributed by atoms with Gasteiger partial charge in [0.05, 0.1) is 18.0 Å². The second kappa shape index (κ2) is 9.29. The summed E-state index contributed by atoms with van der Waals surface area (Å²) >= 11 is 0. The Balaban J connectivity index is 1.98. The summed E-state index contributed by atoms with van der Waals surface area (Å²) in [5.41, 5.74) is 4.45. The normalized spacial score (nSPS) is 10.7. The first-order valence-electron chi connectivity index (χ1n) is 9.18. The number of nitro benzene ring substituents is 1. The molecule has 8 nitrogen and oxygen atoms in total. The molecule has 0 saturated carbocycles. The van der Waals surface area contributed by atoms with E-state index >= 15 is 0 Å². The van der Waals surface area contributed by atoms with Gasteiger partial charge in [-0.25, -0.2) is 0 Å². The lowest BCUT2D eigenvalue weighted by atomic mass is 10.1. The molecule has 2 rings (SSSR count). The van der Waals surface area contributed by atoms with Crippen LogP contribution >= 0.6 is 0 Å². The van der Waals surface area contributed by atoms with Gasteiger partial charge in [0, 0.05) is 11.8 Å². The molecule has 0 unspecified atom stereocenters. The number of nitro groups is 1. The second-order valence-electron chi connectivity index (χ2n) is 7.27. The van der Waals surface area contributed by atoms with E-state index in [1.165, 1.54) is 6.07 Å². The second-order valence-corrected chi connectivity index (χ2v) is 7.27. The van der Waals surface area contributed by atoms with E-state index in [2.05, 4.69) is 10.6 Å². The van der Waals surface area contributed by atoms with Gasteiger partial charge in [-0.2, -0.15) is 0 Å². The van der Waals surface area contributed by atoms with Crippen LogP contribution in [0.2, 0.25) is 0 Å². The van der Waals surface area contributed by atoms with Crippen molar-refractivity contribution >= 4 is 28.9 Å². The van der Waals surface area contributed by atoms with Crippen LogP contribution in [-0.4, -0.2) is 41.8 Å². The lowest BCUT2D eigenvalue weighted by Gasteiger charge is -2.18. The minimum atomic E-state index is -0.536. The van der Waals surface area contributed by atoms with Crippen molar-refractivity contribution in [3.8, 4) is 0 Å². The maximum atomic E-state index is 12.4. The van der Waals surface area contributed by atoms with Crippen LogP contribution in [0.3, 0.4) is 0 Å². The fraction of sp³-hybridized carbons (Fsp3) is 0.333. The maximum absolute atomic E-state index is 12.4. The number of hydrogen-bond acceptors (Lipinski definition) is 5. The summed E-state index contributed by atoms with van der Waals surface area (Å²) in [5.74, 6) is -0.669. The van der Waals surface area contributed by atoms with Gasteiger partial charge in [-0.15, -0.1) is 0 Å². The molecule has 0 spiro atoms. The molecule has 8 heteroatoms. The minimum absolute atomic E-state index is 0.00996. The van der Waals surface area contributed by atoms with Crippen molar-refractivity contribution in [1.82, 2.24) is 4.90 Å². The Kier molecular flexibility index (Phi) is 7.06. The van der Waals surface area contributed by atoms with Crippen molar-refractivity contribution < 1.29 is 14.5 Å². The number of nitrogens with one attached hydrogen (secondary N) is 2. The maximum Gasteiger partial charge on any atom is 0.293 e. The van der Waals surface area contributed by atoms with Crippen molar-refractivity contribution in [3.63, 3.8) is 0 Å².